The molecule has 84 valence electrons. The van der Waals surface area contributed by atoms with Gasteiger partial charge in [0, 0.05) is 11.3 Å². The average Bonchev–Trinajstić information content (AvgIpc) is 2.19. The molecule has 0 amide bonds. The lowest BCUT2D eigenvalue weighted by atomic mass is 10.0. The SMILES string of the molecule is CC(C)C(C)SCCC1CCCCN1. The van der Waals surface area contributed by atoms with Crippen LogP contribution in [0, 0.1) is 5.92 Å². The fourth-order valence-electron chi connectivity index (χ4n) is 1.76. The Morgan fingerprint density at radius 1 is 1.29 bits per heavy atom. The molecule has 2 atom stereocenters. The predicted molar refractivity (Wildman–Crippen MR) is 67.0 cm³/mol. The Morgan fingerprint density at radius 3 is 2.64 bits per heavy atom. The second-order valence-corrected chi connectivity index (χ2v) is 6.24. The van der Waals surface area contributed by atoms with Crippen molar-refractivity contribution >= 4 is 11.8 Å². The molecule has 0 aliphatic carbocycles. The zero-order valence-corrected chi connectivity index (χ0v) is 10.7. The third kappa shape index (κ3) is 4.70. The van der Waals surface area contributed by atoms with E-state index in [1.807, 2.05) is 0 Å². The van der Waals surface area contributed by atoms with E-state index in [2.05, 4.69) is 37.8 Å². The largest absolute Gasteiger partial charge is 0.314 e. The molecule has 0 radical (unpaired) electrons. The van der Waals surface area contributed by atoms with Crippen molar-refractivity contribution in [3.63, 3.8) is 0 Å². The Kier molecular flexibility index (Phi) is 5.95. The van der Waals surface area contributed by atoms with Crippen LogP contribution in [0.4, 0.5) is 0 Å². The van der Waals surface area contributed by atoms with E-state index in [1.54, 1.807) is 0 Å². The molecule has 1 heterocycles. The molecule has 0 saturated carbocycles. The smallest absolute Gasteiger partial charge is 0.00749 e. The molecule has 1 N–H and O–H groups in total. The van der Waals surface area contributed by atoms with Crippen LogP contribution in [0.3, 0.4) is 0 Å². The third-order valence-corrected chi connectivity index (χ3v) is 4.74. The van der Waals surface area contributed by atoms with Crippen molar-refractivity contribution in [3.8, 4) is 0 Å². The van der Waals surface area contributed by atoms with E-state index < -0.39 is 0 Å². The number of rotatable bonds is 5. The maximum Gasteiger partial charge on any atom is 0.00749 e. The first kappa shape index (κ1) is 12.4. The third-order valence-electron chi connectivity index (χ3n) is 3.20. The minimum atomic E-state index is 0.815. The van der Waals surface area contributed by atoms with Crippen LogP contribution in [0.5, 0.6) is 0 Å². The lowest BCUT2D eigenvalue weighted by molar-refractivity contribution is 0.394. The highest BCUT2D eigenvalue weighted by Gasteiger charge is 2.13. The van der Waals surface area contributed by atoms with Gasteiger partial charge in [-0.05, 0) is 37.5 Å². The van der Waals surface area contributed by atoms with Gasteiger partial charge in [-0.2, -0.15) is 11.8 Å². The molecule has 1 saturated heterocycles. The van der Waals surface area contributed by atoms with Crippen LogP contribution >= 0.6 is 11.8 Å². The van der Waals surface area contributed by atoms with Gasteiger partial charge >= 0.3 is 0 Å². The van der Waals surface area contributed by atoms with E-state index in [9.17, 15) is 0 Å². The van der Waals surface area contributed by atoms with Crippen LogP contribution in [0.1, 0.15) is 46.5 Å². The fourth-order valence-corrected chi connectivity index (χ4v) is 2.94. The molecule has 1 aliphatic rings. The van der Waals surface area contributed by atoms with Gasteiger partial charge < -0.3 is 5.32 Å². The molecule has 1 rings (SSSR count). The van der Waals surface area contributed by atoms with Crippen LogP contribution in [-0.2, 0) is 0 Å². The van der Waals surface area contributed by atoms with Crippen molar-refractivity contribution in [2.45, 2.75) is 57.7 Å². The van der Waals surface area contributed by atoms with Crippen molar-refractivity contribution in [2.75, 3.05) is 12.3 Å². The summed E-state index contributed by atoms with van der Waals surface area (Å²) in [4.78, 5) is 0. The molecule has 2 heteroatoms. The Morgan fingerprint density at radius 2 is 2.07 bits per heavy atom. The van der Waals surface area contributed by atoms with Crippen molar-refractivity contribution in [1.29, 1.82) is 0 Å². The summed E-state index contributed by atoms with van der Waals surface area (Å²) in [6, 6.07) is 0.815. The van der Waals surface area contributed by atoms with Gasteiger partial charge in [-0.1, -0.05) is 27.2 Å². The molecule has 0 bridgehead atoms. The fraction of sp³-hybridized carbons (Fsp3) is 1.00. The van der Waals surface area contributed by atoms with Gasteiger partial charge in [-0.3, -0.25) is 0 Å². The summed E-state index contributed by atoms with van der Waals surface area (Å²) in [7, 11) is 0. The molecular weight excluding hydrogens is 190 g/mol. The monoisotopic (exact) mass is 215 g/mol. The van der Waals surface area contributed by atoms with Crippen LogP contribution in [0.25, 0.3) is 0 Å². The zero-order valence-electron chi connectivity index (χ0n) is 9.88. The summed E-state index contributed by atoms with van der Waals surface area (Å²) in [6.45, 7) is 8.23. The normalized spacial score (nSPS) is 25.3. The molecule has 1 aliphatic heterocycles. The number of thioether (sulfide) groups is 1. The van der Waals surface area contributed by atoms with E-state index in [4.69, 9.17) is 0 Å². The average molecular weight is 215 g/mol. The van der Waals surface area contributed by atoms with Crippen LogP contribution in [-0.4, -0.2) is 23.6 Å². The highest BCUT2D eigenvalue weighted by atomic mass is 32.2. The minimum absolute atomic E-state index is 0.815. The molecular formula is C12H25NS. The summed E-state index contributed by atoms with van der Waals surface area (Å²) < 4.78 is 0. The van der Waals surface area contributed by atoms with Crippen molar-refractivity contribution in [2.24, 2.45) is 5.92 Å². The van der Waals surface area contributed by atoms with Crippen LogP contribution in [0.15, 0.2) is 0 Å². The zero-order chi connectivity index (χ0) is 10.4. The van der Waals surface area contributed by atoms with Crippen molar-refractivity contribution in [1.82, 2.24) is 5.32 Å². The Labute approximate surface area is 93.4 Å². The van der Waals surface area contributed by atoms with E-state index >= 15 is 0 Å². The van der Waals surface area contributed by atoms with Crippen molar-refractivity contribution < 1.29 is 0 Å². The van der Waals surface area contributed by atoms with E-state index in [0.29, 0.717) is 0 Å². The quantitative estimate of drug-likeness (QED) is 0.755. The standard InChI is InChI=1S/C12H25NS/c1-10(2)11(3)14-9-7-12-6-4-5-8-13-12/h10-13H,4-9H2,1-3H3. The van der Waals surface area contributed by atoms with Gasteiger partial charge in [0.1, 0.15) is 0 Å². The predicted octanol–water partition coefficient (Wildman–Crippen LogP) is 3.30. The summed E-state index contributed by atoms with van der Waals surface area (Å²) in [5, 5.41) is 4.43. The summed E-state index contributed by atoms with van der Waals surface area (Å²) in [5.74, 6) is 2.15. The van der Waals surface area contributed by atoms with Gasteiger partial charge in [0.05, 0.1) is 0 Å². The summed E-state index contributed by atoms with van der Waals surface area (Å²) >= 11 is 2.14. The summed E-state index contributed by atoms with van der Waals surface area (Å²) in [5.41, 5.74) is 0. The highest BCUT2D eigenvalue weighted by Crippen LogP contribution is 2.21. The van der Waals surface area contributed by atoms with Gasteiger partial charge in [0.2, 0.25) is 0 Å². The topological polar surface area (TPSA) is 12.0 Å². The first-order valence-corrected chi connectivity index (χ1v) is 7.10. The van der Waals surface area contributed by atoms with Gasteiger partial charge in [-0.15, -0.1) is 0 Å². The Bertz CT molecular complexity index is 141. The molecule has 0 aromatic heterocycles. The van der Waals surface area contributed by atoms with Gasteiger partial charge in [0.15, 0.2) is 0 Å². The number of hydrogen-bond acceptors (Lipinski definition) is 2. The first-order chi connectivity index (χ1) is 6.70. The second kappa shape index (κ2) is 6.73. The molecule has 1 fully saturated rings. The lowest BCUT2D eigenvalue weighted by Crippen LogP contribution is -2.34. The molecule has 0 aromatic carbocycles. The minimum Gasteiger partial charge on any atom is -0.314 e. The second-order valence-electron chi connectivity index (χ2n) is 4.76. The van der Waals surface area contributed by atoms with Crippen LogP contribution in [0.2, 0.25) is 0 Å². The molecule has 14 heavy (non-hydrogen) atoms. The maximum absolute atomic E-state index is 3.61. The maximum atomic E-state index is 3.61. The van der Waals surface area contributed by atoms with E-state index in [-0.39, 0.29) is 0 Å². The lowest BCUT2D eigenvalue weighted by Gasteiger charge is -2.24. The van der Waals surface area contributed by atoms with Gasteiger partial charge in [0.25, 0.3) is 0 Å². The number of piperidine rings is 1. The molecule has 0 spiro atoms. The van der Waals surface area contributed by atoms with Gasteiger partial charge in [-0.25, -0.2) is 0 Å². The highest BCUT2D eigenvalue weighted by molar-refractivity contribution is 7.99. The van der Waals surface area contributed by atoms with E-state index in [0.717, 1.165) is 17.2 Å². The molecule has 1 nitrogen and oxygen atoms in total. The first-order valence-electron chi connectivity index (χ1n) is 6.05. The van der Waals surface area contributed by atoms with Crippen LogP contribution < -0.4 is 5.32 Å². The molecule has 0 aromatic rings. The number of nitrogens with one attached hydrogen (secondary N) is 1. The Balaban J connectivity index is 2.02. The molecule has 2 unspecified atom stereocenters. The summed E-state index contributed by atoms with van der Waals surface area (Å²) in [6.07, 6.45) is 5.58. The number of hydrogen-bond donors (Lipinski definition) is 1. The van der Waals surface area contributed by atoms with E-state index in [1.165, 1.54) is 38.0 Å². The van der Waals surface area contributed by atoms with Crippen molar-refractivity contribution in [3.05, 3.63) is 0 Å². The Hall–Kier alpha value is 0.310.